The normalized spacial score (nSPS) is 11.7. The summed E-state index contributed by atoms with van der Waals surface area (Å²) in [6, 6.07) is 8.71. The van der Waals surface area contributed by atoms with Gasteiger partial charge in [0.15, 0.2) is 15.9 Å². The number of H-pyrrole nitrogens is 3. The number of aliphatic hydroxyl groups is 1. The Kier molecular flexibility index (Phi) is 3.43. The number of nitrogens with zero attached hydrogens (tertiary/aromatic N) is 1. The van der Waals surface area contributed by atoms with Gasteiger partial charge in [-0.05, 0) is 12.2 Å². The molecule has 0 bridgehead atoms. The molecule has 0 unspecified atom stereocenters. The van der Waals surface area contributed by atoms with Crippen LogP contribution in [-0.2, 0) is 0 Å². The van der Waals surface area contributed by atoms with Gasteiger partial charge in [0.05, 0.1) is 0 Å². The molecule has 0 spiro atoms. The molecule has 0 saturated carbocycles. The van der Waals surface area contributed by atoms with Crippen molar-refractivity contribution in [3.8, 4) is 0 Å². The van der Waals surface area contributed by atoms with Gasteiger partial charge in [-0.3, -0.25) is 14.6 Å². The van der Waals surface area contributed by atoms with Crippen molar-refractivity contribution in [2.24, 2.45) is 0 Å². The molecule has 3 aromatic rings. The second kappa shape index (κ2) is 5.41. The van der Waals surface area contributed by atoms with Crippen molar-refractivity contribution in [2.75, 3.05) is 0 Å². The third-order valence-corrected chi connectivity index (χ3v) is 3.17. The van der Waals surface area contributed by atoms with Crippen LogP contribution in [0.1, 0.15) is 11.3 Å². The summed E-state index contributed by atoms with van der Waals surface area (Å²) in [7, 11) is 0. The summed E-state index contributed by atoms with van der Waals surface area (Å²) in [5, 5.41) is 10.0. The van der Waals surface area contributed by atoms with Crippen molar-refractivity contribution in [3.05, 3.63) is 67.1 Å². The molecule has 0 fully saturated rings. The lowest BCUT2D eigenvalue weighted by Gasteiger charge is -2.01. The second-order valence-corrected chi connectivity index (χ2v) is 4.89. The summed E-state index contributed by atoms with van der Waals surface area (Å²) in [6.07, 6.45) is 1.23. The molecule has 4 N–H and O–H groups in total. The van der Waals surface area contributed by atoms with E-state index in [2.05, 4.69) is 19.9 Å². The predicted molar refractivity (Wildman–Crippen MR) is 85.1 cm³/mol. The van der Waals surface area contributed by atoms with E-state index >= 15 is 0 Å². The Bertz CT molecular complexity index is 1050. The number of fused-ring (bicyclic) bond motifs is 1. The largest absolute Gasteiger partial charge is 0.507 e. The standard InChI is InChI=1S/C14H10N4O3S/c19-9(7-4-2-1-3-5-7)6-8-12(20)16-10-11(15-8)17-14(22)18-13(10)21/h1-6,19H,(H,16,20)(H2,15,17,18,21,22)/b9-6-. The smallest absolute Gasteiger partial charge is 0.277 e. The molecule has 0 atom stereocenters. The van der Waals surface area contributed by atoms with Crippen LogP contribution in [0, 0.1) is 4.77 Å². The van der Waals surface area contributed by atoms with Crippen LogP contribution < -0.4 is 11.1 Å². The average Bonchev–Trinajstić information content (AvgIpc) is 2.50. The Morgan fingerprint density at radius 2 is 1.82 bits per heavy atom. The van der Waals surface area contributed by atoms with Gasteiger partial charge >= 0.3 is 0 Å². The van der Waals surface area contributed by atoms with E-state index in [9.17, 15) is 14.7 Å². The monoisotopic (exact) mass is 314 g/mol. The minimum atomic E-state index is -0.592. The average molecular weight is 314 g/mol. The molecule has 0 aliphatic heterocycles. The summed E-state index contributed by atoms with van der Waals surface area (Å²) < 4.78 is 0.0965. The third kappa shape index (κ3) is 2.59. The molecule has 0 radical (unpaired) electrons. The molecule has 8 heteroatoms. The quantitative estimate of drug-likeness (QED) is 0.425. The molecule has 0 aliphatic carbocycles. The summed E-state index contributed by atoms with van der Waals surface area (Å²) in [5.41, 5.74) is -0.486. The van der Waals surface area contributed by atoms with Gasteiger partial charge in [-0.15, -0.1) is 0 Å². The highest BCUT2D eigenvalue weighted by atomic mass is 32.1. The molecule has 0 amide bonds. The van der Waals surface area contributed by atoms with E-state index in [0.717, 1.165) is 0 Å². The Labute approximate surface area is 128 Å². The lowest BCUT2D eigenvalue weighted by Crippen LogP contribution is -2.19. The first-order valence-electron chi connectivity index (χ1n) is 6.27. The fourth-order valence-electron chi connectivity index (χ4n) is 1.94. The molecular weight excluding hydrogens is 304 g/mol. The fraction of sp³-hybridized carbons (Fsp3) is 0. The van der Waals surface area contributed by atoms with Crippen LogP contribution in [0.5, 0.6) is 0 Å². The zero-order chi connectivity index (χ0) is 15.7. The predicted octanol–water partition coefficient (Wildman–Crippen LogP) is 1.73. The second-order valence-electron chi connectivity index (χ2n) is 4.48. The van der Waals surface area contributed by atoms with Crippen LogP contribution in [0.25, 0.3) is 23.0 Å². The van der Waals surface area contributed by atoms with Gasteiger partial charge in [0, 0.05) is 11.6 Å². The lowest BCUT2D eigenvalue weighted by atomic mass is 10.1. The van der Waals surface area contributed by atoms with Crippen molar-refractivity contribution >= 4 is 35.2 Å². The minimum absolute atomic E-state index is 0.00468. The minimum Gasteiger partial charge on any atom is -0.507 e. The van der Waals surface area contributed by atoms with E-state index in [-0.39, 0.29) is 27.4 Å². The highest BCUT2D eigenvalue weighted by Crippen LogP contribution is 2.12. The Morgan fingerprint density at radius 3 is 2.55 bits per heavy atom. The molecule has 1 aromatic carbocycles. The van der Waals surface area contributed by atoms with Gasteiger partial charge in [0.25, 0.3) is 11.1 Å². The first-order valence-corrected chi connectivity index (χ1v) is 6.68. The lowest BCUT2D eigenvalue weighted by molar-refractivity contribution is 0.515. The molecular formula is C14H10N4O3S. The molecule has 0 saturated heterocycles. The van der Waals surface area contributed by atoms with Crippen molar-refractivity contribution in [3.63, 3.8) is 0 Å². The number of hydrogen-bond donors (Lipinski definition) is 4. The number of rotatable bonds is 2. The Hall–Kier alpha value is -3.00. The molecule has 7 nitrogen and oxygen atoms in total. The van der Waals surface area contributed by atoms with Crippen LogP contribution in [0.3, 0.4) is 0 Å². The van der Waals surface area contributed by atoms with Crippen LogP contribution >= 0.6 is 12.2 Å². The fourth-order valence-corrected chi connectivity index (χ4v) is 2.13. The molecule has 2 heterocycles. The van der Waals surface area contributed by atoms with E-state index in [1.54, 1.807) is 24.3 Å². The molecule has 110 valence electrons. The van der Waals surface area contributed by atoms with Gasteiger partial charge < -0.3 is 15.1 Å². The van der Waals surface area contributed by atoms with Crippen LogP contribution in [0.4, 0.5) is 0 Å². The van der Waals surface area contributed by atoms with Gasteiger partial charge in [0.2, 0.25) is 0 Å². The number of hydrogen-bond acceptors (Lipinski definition) is 5. The van der Waals surface area contributed by atoms with E-state index in [4.69, 9.17) is 12.2 Å². The van der Waals surface area contributed by atoms with Gasteiger partial charge in [0.1, 0.15) is 11.5 Å². The van der Waals surface area contributed by atoms with Crippen molar-refractivity contribution in [1.29, 1.82) is 0 Å². The van der Waals surface area contributed by atoms with E-state index in [0.29, 0.717) is 5.56 Å². The summed E-state index contributed by atoms with van der Waals surface area (Å²) in [6.45, 7) is 0. The summed E-state index contributed by atoms with van der Waals surface area (Å²) in [5.74, 6) is -0.110. The summed E-state index contributed by atoms with van der Waals surface area (Å²) in [4.78, 5) is 35.1. The SMILES string of the molecule is O=c1[nH]c2c(=O)[nH]c(=S)[nH]c2nc1/C=C(\O)c1ccccc1. The number of benzene rings is 1. The number of aromatic nitrogens is 4. The van der Waals surface area contributed by atoms with E-state index in [1.165, 1.54) is 6.08 Å². The van der Waals surface area contributed by atoms with Gasteiger partial charge in [-0.25, -0.2) is 4.98 Å². The van der Waals surface area contributed by atoms with Crippen molar-refractivity contribution in [1.82, 2.24) is 19.9 Å². The van der Waals surface area contributed by atoms with E-state index in [1.807, 2.05) is 6.07 Å². The van der Waals surface area contributed by atoms with Crippen LogP contribution in [-0.4, -0.2) is 25.0 Å². The Balaban J connectivity index is 2.20. The maximum absolute atomic E-state index is 12.0. The molecule has 22 heavy (non-hydrogen) atoms. The maximum Gasteiger partial charge on any atom is 0.277 e. The van der Waals surface area contributed by atoms with Crippen molar-refractivity contribution in [2.45, 2.75) is 0 Å². The number of aromatic amines is 3. The number of nitrogens with one attached hydrogen (secondary N) is 3. The van der Waals surface area contributed by atoms with Crippen molar-refractivity contribution < 1.29 is 5.11 Å². The van der Waals surface area contributed by atoms with Crippen LogP contribution in [0.15, 0.2) is 39.9 Å². The zero-order valence-electron chi connectivity index (χ0n) is 11.1. The first kappa shape index (κ1) is 14.0. The number of aliphatic hydroxyl groups excluding tert-OH is 1. The molecule has 0 aliphatic rings. The zero-order valence-corrected chi connectivity index (χ0v) is 11.9. The first-order chi connectivity index (χ1) is 10.5. The van der Waals surface area contributed by atoms with Crippen LogP contribution in [0.2, 0.25) is 0 Å². The Morgan fingerprint density at radius 1 is 1.09 bits per heavy atom. The topological polar surface area (TPSA) is 115 Å². The molecule has 3 rings (SSSR count). The maximum atomic E-state index is 12.0. The highest BCUT2D eigenvalue weighted by Gasteiger charge is 2.08. The van der Waals surface area contributed by atoms with Gasteiger partial charge in [-0.2, -0.15) is 0 Å². The van der Waals surface area contributed by atoms with E-state index < -0.39 is 11.1 Å². The summed E-state index contributed by atoms with van der Waals surface area (Å²) >= 11 is 4.86. The third-order valence-electron chi connectivity index (χ3n) is 2.97. The van der Waals surface area contributed by atoms with Gasteiger partial charge in [-0.1, -0.05) is 30.3 Å². The highest BCUT2D eigenvalue weighted by molar-refractivity contribution is 7.71. The molecule has 2 aromatic heterocycles.